The van der Waals surface area contributed by atoms with E-state index in [1.807, 2.05) is 18.2 Å². The van der Waals surface area contributed by atoms with Crippen molar-refractivity contribution >= 4 is 5.57 Å². The Balaban J connectivity index is 2.27. The van der Waals surface area contributed by atoms with E-state index in [1.54, 1.807) is 0 Å². The number of hydrogen-bond acceptors (Lipinski definition) is 1. The third-order valence-electron chi connectivity index (χ3n) is 2.80. The zero-order chi connectivity index (χ0) is 9.97. The maximum absolute atomic E-state index is 5.70. The molecule has 0 aliphatic carbocycles. The third kappa shape index (κ3) is 1.54. The van der Waals surface area contributed by atoms with Gasteiger partial charge in [-0.2, -0.15) is 0 Å². The maximum Gasteiger partial charge on any atom is 0.126 e. The van der Waals surface area contributed by atoms with E-state index in [4.69, 9.17) is 4.74 Å². The molecule has 74 valence electrons. The number of benzene rings is 1. The first-order chi connectivity index (χ1) is 6.83. The second-order valence-corrected chi connectivity index (χ2v) is 3.82. The van der Waals surface area contributed by atoms with Gasteiger partial charge < -0.3 is 4.74 Å². The van der Waals surface area contributed by atoms with Crippen LogP contribution in [0.1, 0.15) is 25.3 Å². The van der Waals surface area contributed by atoms with E-state index in [-0.39, 0.29) is 0 Å². The fraction of sp³-hybridized carbons (Fsp3) is 0.385. The fourth-order valence-corrected chi connectivity index (χ4v) is 1.97. The van der Waals surface area contributed by atoms with Crippen LogP contribution in [0.5, 0.6) is 5.75 Å². The Kier molecular flexibility index (Phi) is 2.58. The van der Waals surface area contributed by atoms with Gasteiger partial charge in [-0.25, -0.2) is 0 Å². The normalized spacial score (nSPS) is 20.1. The summed E-state index contributed by atoms with van der Waals surface area (Å²) in [5.74, 6) is 1.50. The summed E-state index contributed by atoms with van der Waals surface area (Å²) in [5.41, 5.74) is 2.44. The highest BCUT2D eigenvalue weighted by atomic mass is 16.5. The van der Waals surface area contributed by atoms with Crippen molar-refractivity contribution in [2.24, 2.45) is 5.92 Å². The van der Waals surface area contributed by atoms with E-state index in [1.165, 1.54) is 24.0 Å². The zero-order valence-electron chi connectivity index (χ0n) is 8.62. The molecule has 1 aliphatic heterocycles. The molecule has 1 heterocycles. The Morgan fingerprint density at radius 1 is 1.43 bits per heavy atom. The molecule has 0 radical (unpaired) electrons. The first kappa shape index (κ1) is 9.32. The second-order valence-electron chi connectivity index (χ2n) is 3.82. The van der Waals surface area contributed by atoms with Crippen molar-refractivity contribution in [3.8, 4) is 5.75 Å². The molecule has 0 spiro atoms. The van der Waals surface area contributed by atoms with Crippen LogP contribution in [0, 0.1) is 5.92 Å². The summed E-state index contributed by atoms with van der Waals surface area (Å²) in [6.45, 7) is 7.17. The average Bonchev–Trinajstić information content (AvgIpc) is 2.23. The van der Waals surface area contributed by atoms with Crippen LogP contribution in [0.25, 0.3) is 5.57 Å². The lowest BCUT2D eigenvalue weighted by Crippen LogP contribution is -2.19. The van der Waals surface area contributed by atoms with Crippen LogP contribution in [-0.2, 0) is 0 Å². The van der Waals surface area contributed by atoms with Crippen molar-refractivity contribution in [1.82, 2.24) is 0 Å². The Morgan fingerprint density at radius 3 is 3.00 bits per heavy atom. The smallest absolute Gasteiger partial charge is 0.126 e. The number of ether oxygens (including phenoxy) is 1. The van der Waals surface area contributed by atoms with Crippen molar-refractivity contribution in [2.45, 2.75) is 19.8 Å². The van der Waals surface area contributed by atoms with Gasteiger partial charge in [-0.05, 0) is 18.1 Å². The minimum absolute atomic E-state index is 0.509. The quantitative estimate of drug-likeness (QED) is 0.690. The Labute approximate surface area is 85.4 Å². The second kappa shape index (κ2) is 3.87. The summed E-state index contributed by atoms with van der Waals surface area (Å²) in [5, 5.41) is 0. The molecular formula is C13H16O. The minimum Gasteiger partial charge on any atom is -0.492 e. The Morgan fingerprint density at radius 2 is 2.21 bits per heavy atom. The van der Waals surface area contributed by atoms with Crippen LogP contribution in [0.4, 0.5) is 0 Å². The van der Waals surface area contributed by atoms with Crippen molar-refractivity contribution in [3.05, 3.63) is 36.4 Å². The van der Waals surface area contributed by atoms with Gasteiger partial charge in [0, 0.05) is 11.5 Å². The SMILES string of the molecule is C=C1c2ccccc2OCC1CCC. The molecular weight excluding hydrogens is 172 g/mol. The maximum atomic E-state index is 5.70. The number of para-hydroxylation sites is 1. The molecule has 1 atom stereocenters. The van der Waals surface area contributed by atoms with Gasteiger partial charge >= 0.3 is 0 Å². The van der Waals surface area contributed by atoms with E-state index in [0.717, 1.165) is 12.4 Å². The predicted molar refractivity (Wildman–Crippen MR) is 59.4 cm³/mol. The molecule has 1 unspecified atom stereocenters. The molecule has 1 heteroatoms. The van der Waals surface area contributed by atoms with Gasteiger partial charge in [-0.3, -0.25) is 0 Å². The summed E-state index contributed by atoms with van der Waals surface area (Å²) < 4.78 is 5.70. The average molecular weight is 188 g/mol. The third-order valence-corrected chi connectivity index (χ3v) is 2.80. The van der Waals surface area contributed by atoms with Gasteiger partial charge in [-0.15, -0.1) is 0 Å². The van der Waals surface area contributed by atoms with Crippen molar-refractivity contribution in [1.29, 1.82) is 0 Å². The molecule has 0 saturated heterocycles. The lowest BCUT2D eigenvalue weighted by atomic mass is 9.88. The van der Waals surface area contributed by atoms with Gasteiger partial charge in [0.25, 0.3) is 0 Å². The highest BCUT2D eigenvalue weighted by molar-refractivity contribution is 5.71. The van der Waals surface area contributed by atoms with Crippen LogP contribution >= 0.6 is 0 Å². The molecule has 0 N–H and O–H groups in total. The molecule has 0 aromatic heterocycles. The molecule has 1 aromatic rings. The minimum atomic E-state index is 0.509. The molecule has 0 fully saturated rings. The zero-order valence-corrected chi connectivity index (χ0v) is 8.62. The highest BCUT2D eigenvalue weighted by Crippen LogP contribution is 2.36. The first-order valence-corrected chi connectivity index (χ1v) is 5.24. The molecule has 1 aromatic carbocycles. The lowest BCUT2D eigenvalue weighted by Gasteiger charge is -2.27. The summed E-state index contributed by atoms with van der Waals surface area (Å²) in [4.78, 5) is 0. The molecule has 0 saturated carbocycles. The molecule has 1 nitrogen and oxygen atoms in total. The monoisotopic (exact) mass is 188 g/mol. The van der Waals surface area contributed by atoms with E-state index in [9.17, 15) is 0 Å². The first-order valence-electron chi connectivity index (χ1n) is 5.24. The van der Waals surface area contributed by atoms with Crippen LogP contribution < -0.4 is 4.74 Å². The Bertz CT molecular complexity index is 341. The number of rotatable bonds is 2. The van der Waals surface area contributed by atoms with Crippen molar-refractivity contribution in [3.63, 3.8) is 0 Å². The lowest BCUT2D eigenvalue weighted by molar-refractivity contribution is 0.260. The molecule has 0 amide bonds. The summed E-state index contributed by atoms with van der Waals surface area (Å²) in [7, 11) is 0. The standard InChI is InChI=1S/C13H16O/c1-3-6-11-9-14-13-8-5-4-7-12(13)10(11)2/h4-5,7-8,11H,2-3,6,9H2,1H3. The highest BCUT2D eigenvalue weighted by Gasteiger charge is 2.22. The van der Waals surface area contributed by atoms with Gasteiger partial charge in [0.2, 0.25) is 0 Å². The van der Waals surface area contributed by atoms with E-state index < -0.39 is 0 Å². The van der Waals surface area contributed by atoms with Gasteiger partial charge in [-0.1, -0.05) is 38.1 Å². The molecule has 1 aliphatic rings. The molecule has 2 rings (SSSR count). The van der Waals surface area contributed by atoms with Crippen LogP contribution in [0.3, 0.4) is 0 Å². The van der Waals surface area contributed by atoms with Crippen LogP contribution in [-0.4, -0.2) is 6.61 Å². The van der Waals surface area contributed by atoms with E-state index in [2.05, 4.69) is 19.6 Å². The number of hydrogen-bond donors (Lipinski definition) is 0. The van der Waals surface area contributed by atoms with E-state index in [0.29, 0.717) is 5.92 Å². The largest absolute Gasteiger partial charge is 0.492 e. The van der Waals surface area contributed by atoms with Crippen molar-refractivity contribution in [2.75, 3.05) is 6.61 Å². The fourth-order valence-electron chi connectivity index (χ4n) is 1.97. The predicted octanol–water partition coefficient (Wildman–Crippen LogP) is 3.51. The summed E-state index contributed by atoms with van der Waals surface area (Å²) >= 11 is 0. The van der Waals surface area contributed by atoms with E-state index >= 15 is 0 Å². The van der Waals surface area contributed by atoms with Crippen LogP contribution in [0.2, 0.25) is 0 Å². The molecule has 14 heavy (non-hydrogen) atoms. The van der Waals surface area contributed by atoms with Gasteiger partial charge in [0.1, 0.15) is 5.75 Å². The number of fused-ring (bicyclic) bond motifs is 1. The Hall–Kier alpha value is -1.24. The van der Waals surface area contributed by atoms with Crippen molar-refractivity contribution < 1.29 is 4.74 Å². The molecule has 0 bridgehead atoms. The van der Waals surface area contributed by atoms with Crippen LogP contribution in [0.15, 0.2) is 30.8 Å². The summed E-state index contributed by atoms with van der Waals surface area (Å²) in [6.07, 6.45) is 2.36. The summed E-state index contributed by atoms with van der Waals surface area (Å²) in [6, 6.07) is 8.16. The topological polar surface area (TPSA) is 9.23 Å². The van der Waals surface area contributed by atoms with Gasteiger partial charge in [0.15, 0.2) is 0 Å². The van der Waals surface area contributed by atoms with Gasteiger partial charge in [0.05, 0.1) is 6.61 Å².